The third-order valence-electron chi connectivity index (χ3n) is 6.33. The summed E-state index contributed by atoms with van der Waals surface area (Å²) in [5.41, 5.74) is 2.04. The molecule has 6 nitrogen and oxygen atoms in total. The van der Waals surface area contributed by atoms with Crippen LogP contribution in [0.25, 0.3) is 0 Å². The molecule has 0 amide bonds. The highest BCUT2D eigenvalue weighted by molar-refractivity contribution is 7.86. The first-order chi connectivity index (χ1) is 15.1. The fraction of sp³-hybridized carbons (Fsp3) is 0.500. The van der Waals surface area contributed by atoms with Crippen molar-refractivity contribution in [2.75, 3.05) is 0 Å². The number of hydrogen-bond acceptors (Lipinski definition) is 5. The van der Waals surface area contributed by atoms with Crippen LogP contribution in [0.15, 0.2) is 58.3 Å². The third kappa shape index (κ3) is 6.41. The molecule has 1 aliphatic carbocycles. The van der Waals surface area contributed by atoms with Gasteiger partial charge in [-0.05, 0) is 72.9 Å². The molecule has 3 rings (SSSR count). The molecule has 0 heterocycles. The van der Waals surface area contributed by atoms with Crippen LogP contribution in [0.3, 0.4) is 0 Å². The van der Waals surface area contributed by atoms with Gasteiger partial charge in [-0.2, -0.15) is 16.8 Å². The van der Waals surface area contributed by atoms with Gasteiger partial charge in [-0.15, -0.1) is 0 Å². The average Bonchev–Trinajstić information content (AvgIpc) is 2.77. The molecule has 0 aromatic heterocycles. The first kappa shape index (κ1) is 24.9. The average molecular weight is 481 g/mol. The molecule has 32 heavy (non-hydrogen) atoms. The monoisotopic (exact) mass is 480 g/mol. The zero-order chi connectivity index (χ0) is 23.4. The Kier molecular flexibility index (Phi) is 8.14. The smallest absolute Gasteiger partial charge is 0.282 e. The molecule has 8 heteroatoms. The Labute approximate surface area is 191 Å². The van der Waals surface area contributed by atoms with Crippen LogP contribution in [0.2, 0.25) is 0 Å². The van der Waals surface area contributed by atoms with Gasteiger partial charge in [0.25, 0.3) is 20.2 Å². The van der Waals surface area contributed by atoms with E-state index in [4.69, 9.17) is 8.74 Å². The Hall–Kier alpha value is -1.74. The molecule has 0 aliphatic heterocycles. The van der Waals surface area contributed by atoms with Gasteiger partial charge in [-0.3, -0.25) is 8.74 Å². The van der Waals surface area contributed by atoms with Crippen molar-refractivity contribution in [3.05, 3.63) is 59.7 Å². The fourth-order valence-electron chi connectivity index (χ4n) is 4.37. The summed E-state index contributed by atoms with van der Waals surface area (Å²) in [6.45, 7) is 4.17. The zero-order valence-electron chi connectivity index (χ0n) is 18.6. The molecule has 0 saturated heterocycles. The van der Waals surface area contributed by atoms with E-state index in [1.165, 1.54) is 12.1 Å². The molecule has 1 fully saturated rings. The lowest BCUT2D eigenvalue weighted by Gasteiger charge is -2.22. The first-order valence-corrected chi connectivity index (χ1v) is 14.1. The van der Waals surface area contributed by atoms with Crippen molar-refractivity contribution in [2.24, 2.45) is 0 Å². The SMILES string of the molecule is CCC(CC(C)c1ccc(S(=O)(=O)OC2CCCCC2)cc1)c1ccc(S(=O)(=O)O)cc1. The molecule has 2 aromatic carbocycles. The van der Waals surface area contributed by atoms with Crippen LogP contribution in [0.5, 0.6) is 0 Å². The van der Waals surface area contributed by atoms with Crippen LogP contribution in [-0.4, -0.2) is 27.5 Å². The van der Waals surface area contributed by atoms with Crippen LogP contribution in [0, 0.1) is 0 Å². The Morgan fingerprint density at radius 3 is 1.94 bits per heavy atom. The zero-order valence-corrected chi connectivity index (χ0v) is 20.2. The normalized spacial score (nSPS) is 17.7. The molecule has 1 aliphatic rings. The van der Waals surface area contributed by atoms with Crippen molar-refractivity contribution >= 4 is 20.2 Å². The van der Waals surface area contributed by atoms with E-state index in [9.17, 15) is 16.8 Å². The summed E-state index contributed by atoms with van der Waals surface area (Å²) in [5, 5.41) is 0. The Morgan fingerprint density at radius 2 is 1.41 bits per heavy atom. The molecule has 2 aromatic rings. The molecule has 2 unspecified atom stereocenters. The summed E-state index contributed by atoms with van der Waals surface area (Å²) in [6.07, 6.45) is 6.21. The van der Waals surface area contributed by atoms with Crippen LogP contribution in [0.1, 0.15) is 81.8 Å². The van der Waals surface area contributed by atoms with Gasteiger partial charge >= 0.3 is 0 Å². The van der Waals surface area contributed by atoms with E-state index < -0.39 is 20.2 Å². The highest BCUT2D eigenvalue weighted by atomic mass is 32.2. The standard InChI is InChI=1S/C24H32O6S2/c1-3-19(21-11-13-23(14-12-21)31(25,26)27)17-18(2)20-9-15-24(16-10-20)32(28,29)30-22-7-5-4-6-8-22/h9-16,18-19,22H,3-8,17H2,1-2H3,(H,25,26,27). The van der Waals surface area contributed by atoms with E-state index in [0.717, 1.165) is 56.1 Å². The highest BCUT2D eigenvalue weighted by Crippen LogP contribution is 2.33. The van der Waals surface area contributed by atoms with E-state index >= 15 is 0 Å². The summed E-state index contributed by atoms with van der Waals surface area (Å²) < 4.78 is 62.3. The van der Waals surface area contributed by atoms with E-state index in [-0.39, 0.29) is 27.7 Å². The lowest BCUT2D eigenvalue weighted by Crippen LogP contribution is -2.21. The van der Waals surface area contributed by atoms with Crippen LogP contribution >= 0.6 is 0 Å². The molecule has 1 N–H and O–H groups in total. The fourth-order valence-corrected chi connectivity index (χ4v) is 5.98. The maximum atomic E-state index is 12.6. The van der Waals surface area contributed by atoms with Crippen molar-refractivity contribution < 1.29 is 25.6 Å². The van der Waals surface area contributed by atoms with Crippen molar-refractivity contribution in [1.82, 2.24) is 0 Å². The minimum absolute atomic E-state index is 0.114. The van der Waals surface area contributed by atoms with Gasteiger partial charge < -0.3 is 0 Å². The molecule has 0 bridgehead atoms. The van der Waals surface area contributed by atoms with Crippen LogP contribution in [0.4, 0.5) is 0 Å². The minimum Gasteiger partial charge on any atom is -0.282 e. The van der Waals surface area contributed by atoms with Crippen molar-refractivity contribution in [1.29, 1.82) is 0 Å². The summed E-state index contributed by atoms with van der Waals surface area (Å²) in [4.78, 5) is 0.0725. The molecule has 176 valence electrons. The summed E-state index contributed by atoms with van der Waals surface area (Å²) in [5.74, 6) is 0.385. The van der Waals surface area contributed by atoms with Gasteiger partial charge in [-0.25, -0.2) is 0 Å². The lowest BCUT2D eigenvalue weighted by molar-refractivity contribution is 0.162. The van der Waals surface area contributed by atoms with Gasteiger partial charge in [0.05, 0.1) is 15.9 Å². The lowest BCUT2D eigenvalue weighted by atomic mass is 9.85. The van der Waals surface area contributed by atoms with Gasteiger partial charge in [0, 0.05) is 0 Å². The molecular formula is C24H32O6S2. The second kappa shape index (κ2) is 10.5. The molecule has 1 saturated carbocycles. The Morgan fingerprint density at radius 1 is 0.875 bits per heavy atom. The first-order valence-electron chi connectivity index (χ1n) is 11.2. The van der Waals surface area contributed by atoms with Crippen molar-refractivity contribution in [2.45, 2.75) is 86.5 Å². The molecule has 2 atom stereocenters. The van der Waals surface area contributed by atoms with Gasteiger partial charge in [0.1, 0.15) is 0 Å². The maximum absolute atomic E-state index is 12.6. The number of hydrogen-bond donors (Lipinski definition) is 1. The topological polar surface area (TPSA) is 97.7 Å². The second-order valence-electron chi connectivity index (χ2n) is 8.67. The number of benzene rings is 2. The van der Waals surface area contributed by atoms with Crippen LogP contribution in [-0.2, 0) is 24.4 Å². The third-order valence-corrected chi connectivity index (χ3v) is 8.58. The van der Waals surface area contributed by atoms with E-state index in [0.29, 0.717) is 0 Å². The summed E-state index contributed by atoms with van der Waals surface area (Å²) >= 11 is 0. The van der Waals surface area contributed by atoms with Crippen molar-refractivity contribution in [3.63, 3.8) is 0 Å². The number of rotatable bonds is 9. The van der Waals surface area contributed by atoms with Gasteiger partial charge in [-0.1, -0.05) is 57.4 Å². The highest BCUT2D eigenvalue weighted by Gasteiger charge is 2.24. The predicted octanol–water partition coefficient (Wildman–Crippen LogP) is 5.66. The van der Waals surface area contributed by atoms with E-state index in [1.807, 2.05) is 12.1 Å². The van der Waals surface area contributed by atoms with E-state index in [2.05, 4.69) is 13.8 Å². The second-order valence-corrected chi connectivity index (χ2v) is 11.7. The Bertz CT molecular complexity index is 1080. The predicted molar refractivity (Wildman–Crippen MR) is 124 cm³/mol. The maximum Gasteiger partial charge on any atom is 0.297 e. The largest absolute Gasteiger partial charge is 0.297 e. The quantitative estimate of drug-likeness (QED) is 0.367. The molecule has 0 radical (unpaired) electrons. The Balaban J connectivity index is 1.67. The van der Waals surface area contributed by atoms with Gasteiger partial charge in [0.2, 0.25) is 0 Å². The molecular weight excluding hydrogens is 448 g/mol. The van der Waals surface area contributed by atoms with E-state index in [1.54, 1.807) is 24.3 Å². The summed E-state index contributed by atoms with van der Waals surface area (Å²) in [7, 11) is -7.96. The van der Waals surface area contributed by atoms with Crippen LogP contribution < -0.4 is 0 Å². The van der Waals surface area contributed by atoms with Gasteiger partial charge in [0.15, 0.2) is 0 Å². The molecule has 0 spiro atoms. The van der Waals surface area contributed by atoms with Crippen molar-refractivity contribution in [3.8, 4) is 0 Å². The summed E-state index contributed by atoms with van der Waals surface area (Å²) in [6, 6.07) is 13.2. The minimum atomic E-state index is -4.20.